The molecule has 0 fully saturated rings. The largest absolute Gasteiger partial charge is 0.550 e. The van der Waals surface area contributed by atoms with Gasteiger partial charge in [0.25, 0.3) is 0 Å². The Balaban J connectivity index is 2.22. The second-order valence-corrected chi connectivity index (χ2v) is 6.80. The van der Waals surface area contributed by atoms with Crippen molar-refractivity contribution in [2.75, 3.05) is 12.4 Å². The number of aryl methyl sites for hydroxylation is 1. The number of anilines is 1. The van der Waals surface area contributed by atoms with E-state index in [-0.39, 0.29) is 6.42 Å². The van der Waals surface area contributed by atoms with E-state index in [9.17, 15) is 19.5 Å². The highest BCUT2D eigenvalue weighted by molar-refractivity contribution is 7.16. The maximum Gasteiger partial charge on any atom is 0.340 e. The van der Waals surface area contributed by atoms with Crippen LogP contribution in [0.2, 0.25) is 0 Å². The Bertz CT molecular complexity index is 664. The molecule has 24 heavy (non-hydrogen) atoms. The third-order valence-electron chi connectivity index (χ3n) is 3.99. The summed E-state index contributed by atoms with van der Waals surface area (Å²) in [6, 6.07) is 1.71. The number of hydrogen-bond acceptors (Lipinski definition) is 6. The summed E-state index contributed by atoms with van der Waals surface area (Å²) in [6.07, 6.45) is 5.85. The number of carboxylic acid groups (broad SMARTS) is 1. The summed E-state index contributed by atoms with van der Waals surface area (Å²) in [5.74, 6) is -3.73. The molecular weight excluding hydrogens is 330 g/mol. The molecule has 0 aromatic carbocycles. The summed E-state index contributed by atoms with van der Waals surface area (Å²) >= 11 is 1.32. The number of nitrogens with one attached hydrogen (secondary N) is 1. The van der Waals surface area contributed by atoms with E-state index in [0.29, 0.717) is 17.0 Å². The van der Waals surface area contributed by atoms with Crippen LogP contribution in [0.4, 0.5) is 5.00 Å². The van der Waals surface area contributed by atoms with Crippen LogP contribution < -0.4 is 10.4 Å². The number of ether oxygens (including phenoxy) is 1. The molecule has 1 aliphatic rings. The fraction of sp³-hybridized carbons (Fsp3) is 0.471. The van der Waals surface area contributed by atoms with Crippen molar-refractivity contribution in [2.45, 2.75) is 32.6 Å². The maximum absolute atomic E-state index is 12.5. The number of hydrogen-bond donors (Lipinski definition) is 1. The lowest BCUT2D eigenvalue weighted by Gasteiger charge is -2.28. The second kappa shape index (κ2) is 8.10. The number of thiophene rings is 1. The minimum atomic E-state index is -1.23. The van der Waals surface area contributed by atoms with Crippen molar-refractivity contribution >= 4 is 34.2 Å². The molecule has 2 unspecified atom stereocenters. The summed E-state index contributed by atoms with van der Waals surface area (Å²) in [4.78, 5) is 36.6. The topological polar surface area (TPSA) is 95.5 Å². The number of amides is 1. The van der Waals surface area contributed by atoms with Crippen LogP contribution in [0.25, 0.3) is 0 Å². The zero-order valence-electron chi connectivity index (χ0n) is 13.7. The molecule has 1 aliphatic carbocycles. The summed E-state index contributed by atoms with van der Waals surface area (Å²) in [5, 5.41) is 14.4. The predicted molar refractivity (Wildman–Crippen MR) is 88.6 cm³/mol. The Labute approximate surface area is 144 Å². The molecule has 130 valence electrons. The van der Waals surface area contributed by atoms with Gasteiger partial charge in [-0.15, -0.1) is 11.3 Å². The summed E-state index contributed by atoms with van der Waals surface area (Å²) in [5.41, 5.74) is 0.302. The van der Waals surface area contributed by atoms with Crippen LogP contribution in [-0.2, 0) is 20.7 Å². The zero-order chi connectivity index (χ0) is 17.7. The quantitative estimate of drug-likeness (QED) is 0.623. The van der Waals surface area contributed by atoms with Crippen molar-refractivity contribution in [1.29, 1.82) is 0 Å². The van der Waals surface area contributed by atoms with Crippen LogP contribution in [0, 0.1) is 11.8 Å². The van der Waals surface area contributed by atoms with E-state index in [1.54, 1.807) is 18.2 Å². The third kappa shape index (κ3) is 4.03. The molecule has 0 saturated carbocycles. The maximum atomic E-state index is 12.5. The number of carbonyl (C=O) groups excluding carboxylic acids is 3. The molecular formula is C17H20NO5S-. The summed E-state index contributed by atoms with van der Waals surface area (Å²) < 4.78 is 4.76. The number of methoxy groups -OCH3 is 1. The highest BCUT2D eigenvalue weighted by Gasteiger charge is 2.31. The van der Waals surface area contributed by atoms with Crippen LogP contribution in [0.15, 0.2) is 18.2 Å². The van der Waals surface area contributed by atoms with Crippen LogP contribution >= 0.6 is 11.3 Å². The van der Waals surface area contributed by atoms with Crippen molar-refractivity contribution in [1.82, 2.24) is 0 Å². The second-order valence-electron chi connectivity index (χ2n) is 5.66. The van der Waals surface area contributed by atoms with Gasteiger partial charge in [-0.2, -0.15) is 0 Å². The fourth-order valence-electron chi connectivity index (χ4n) is 2.74. The Hall–Kier alpha value is -2.15. The van der Waals surface area contributed by atoms with Gasteiger partial charge in [-0.3, -0.25) is 4.79 Å². The normalized spacial score (nSPS) is 19.8. The fourth-order valence-corrected chi connectivity index (χ4v) is 3.88. The van der Waals surface area contributed by atoms with Gasteiger partial charge in [0, 0.05) is 16.8 Å². The molecule has 2 atom stereocenters. The average Bonchev–Trinajstić information content (AvgIpc) is 2.96. The van der Waals surface area contributed by atoms with Gasteiger partial charge in [0.2, 0.25) is 5.91 Å². The van der Waals surface area contributed by atoms with Gasteiger partial charge in [-0.05, 0) is 25.3 Å². The number of rotatable bonds is 6. The lowest BCUT2D eigenvalue weighted by molar-refractivity contribution is -0.313. The molecule has 0 bridgehead atoms. The smallest absolute Gasteiger partial charge is 0.340 e. The molecule has 1 heterocycles. The Morgan fingerprint density at radius 3 is 2.54 bits per heavy atom. The van der Waals surface area contributed by atoms with Crippen molar-refractivity contribution in [3.05, 3.63) is 28.7 Å². The monoisotopic (exact) mass is 350 g/mol. The van der Waals surface area contributed by atoms with E-state index in [2.05, 4.69) is 5.32 Å². The summed E-state index contributed by atoms with van der Waals surface area (Å²) in [7, 11) is 1.28. The van der Waals surface area contributed by atoms with Gasteiger partial charge >= 0.3 is 5.97 Å². The molecule has 0 radical (unpaired) electrons. The summed E-state index contributed by atoms with van der Waals surface area (Å²) in [6.45, 7) is 2.02. The number of allylic oxidation sites excluding steroid dienone is 2. The molecule has 6 nitrogen and oxygen atoms in total. The van der Waals surface area contributed by atoms with Gasteiger partial charge in [0.15, 0.2) is 0 Å². The highest BCUT2D eigenvalue weighted by Crippen LogP contribution is 2.32. The number of aliphatic carboxylic acids is 1. The minimum absolute atomic E-state index is 0.274. The standard InChI is InChI=1S/C17H21NO5S/c1-3-6-10-9-13(17(22)23-2)15(24-10)18-14(19)11-7-4-5-8-12(11)16(20)21/h4-5,9,11-12H,3,6-8H2,1-2H3,(H,18,19)(H,20,21)/p-1. The zero-order valence-corrected chi connectivity index (χ0v) is 14.5. The lowest BCUT2D eigenvalue weighted by Crippen LogP contribution is -2.41. The minimum Gasteiger partial charge on any atom is -0.550 e. The van der Waals surface area contributed by atoms with E-state index in [1.807, 2.05) is 6.92 Å². The molecule has 1 N–H and O–H groups in total. The van der Waals surface area contributed by atoms with Gasteiger partial charge in [0.05, 0.1) is 18.6 Å². The lowest BCUT2D eigenvalue weighted by atomic mass is 9.82. The van der Waals surface area contributed by atoms with Gasteiger partial charge < -0.3 is 20.0 Å². The Morgan fingerprint density at radius 2 is 1.96 bits per heavy atom. The van der Waals surface area contributed by atoms with Crippen LogP contribution in [0.1, 0.15) is 41.4 Å². The van der Waals surface area contributed by atoms with E-state index in [1.165, 1.54) is 18.4 Å². The van der Waals surface area contributed by atoms with Gasteiger partial charge in [0.1, 0.15) is 5.00 Å². The van der Waals surface area contributed by atoms with Crippen LogP contribution in [-0.4, -0.2) is 25.0 Å². The van der Waals surface area contributed by atoms with E-state index >= 15 is 0 Å². The van der Waals surface area contributed by atoms with Gasteiger partial charge in [-0.1, -0.05) is 25.5 Å². The van der Waals surface area contributed by atoms with Crippen molar-refractivity contribution < 1.29 is 24.2 Å². The van der Waals surface area contributed by atoms with E-state index < -0.39 is 29.7 Å². The Morgan fingerprint density at radius 1 is 1.29 bits per heavy atom. The van der Waals surface area contributed by atoms with Crippen molar-refractivity contribution in [3.63, 3.8) is 0 Å². The molecule has 1 aromatic rings. The SMILES string of the molecule is CCCc1cc(C(=O)OC)c(NC(=O)C2CC=CCC2C(=O)[O-])s1. The number of carboxylic acids is 1. The van der Waals surface area contributed by atoms with E-state index in [4.69, 9.17) is 4.74 Å². The molecule has 7 heteroatoms. The van der Waals surface area contributed by atoms with Gasteiger partial charge in [-0.25, -0.2) is 4.79 Å². The van der Waals surface area contributed by atoms with Crippen molar-refractivity contribution in [2.24, 2.45) is 11.8 Å². The predicted octanol–water partition coefficient (Wildman–Crippen LogP) is 1.76. The molecule has 0 saturated heterocycles. The van der Waals surface area contributed by atoms with Crippen LogP contribution in [0.3, 0.4) is 0 Å². The number of esters is 1. The first-order valence-electron chi connectivity index (χ1n) is 7.85. The molecule has 0 aliphatic heterocycles. The molecule has 1 amide bonds. The first-order chi connectivity index (χ1) is 11.5. The van der Waals surface area contributed by atoms with E-state index in [0.717, 1.165) is 17.7 Å². The van der Waals surface area contributed by atoms with Crippen LogP contribution in [0.5, 0.6) is 0 Å². The molecule has 0 spiro atoms. The third-order valence-corrected chi connectivity index (χ3v) is 5.10. The van der Waals surface area contributed by atoms with Crippen molar-refractivity contribution in [3.8, 4) is 0 Å². The Kier molecular flexibility index (Phi) is 6.14. The molecule has 2 rings (SSSR count). The average molecular weight is 350 g/mol. The molecule has 1 aromatic heterocycles. The first-order valence-corrected chi connectivity index (χ1v) is 8.67. The highest BCUT2D eigenvalue weighted by atomic mass is 32.1. The first kappa shape index (κ1) is 18.2. The number of carbonyl (C=O) groups is 3.